The Morgan fingerprint density at radius 1 is 1.09 bits per heavy atom. The Balaban J connectivity index is 1.73. The molecule has 9 heteroatoms. The van der Waals surface area contributed by atoms with Gasteiger partial charge >= 0.3 is 0 Å². The third-order valence-corrected chi connectivity index (χ3v) is 8.51. The fourth-order valence-electron chi connectivity index (χ4n) is 4.59. The zero-order valence-electron chi connectivity index (χ0n) is 19.0. The van der Waals surface area contributed by atoms with Crippen molar-refractivity contribution in [3.8, 4) is 0 Å². The van der Waals surface area contributed by atoms with E-state index < -0.39 is 38.2 Å². The van der Waals surface area contributed by atoms with Crippen molar-refractivity contribution >= 4 is 32.9 Å². The summed E-state index contributed by atoms with van der Waals surface area (Å²) in [6, 6.07) is 3.97. The maximum absolute atomic E-state index is 15.4. The number of sulfone groups is 1. The standard InChI is InChI=1S/C24H26F2N2O4S/c1-14-9-19(18(26)13-27-14)28-21-16(23(2,3)22(28)30)10-15(11-17(21)25)20(29)12-24(4)5-7-33(31,32)8-6-24/h9-11,13H,5-8,12H2,1-4H3. The van der Waals surface area contributed by atoms with Crippen molar-refractivity contribution in [3.63, 3.8) is 0 Å². The van der Waals surface area contributed by atoms with Crippen molar-refractivity contribution < 1.29 is 26.8 Å². The Bertz CT molecular complexity index is 1270. The summed E-state index contributed by atoms with van der Waals surface area (Å²) in [5.41, 5.74) is -0.933. The number of carbonyl (C=O) groups is 2. The number of nitrogens with zero attached hydrogens (tertiary/aromatic N) is 2. The second-order valence-electron chi connectivity index (χ2n) is 9.96. The number of fused-ring (bicyclic) bond motifs is 1. The highest BCUT2D eigenvalue weighted by atomic mass is 32.2. The number of aromatic nitrogens is 1. The molecular weight excluding hydrogens is 450 g/mol. The van der Waals surface area contributed by atoms with Crippen LogP contribution in [-0.4, -0.2) is 36.6 Å². The Morgan fingerprint density at radius 3 is 2.36 bits per heavy atom. The minimum Gasteiger partial charge on any atom is -0.294 e. The molecule has 2 aromatic rings. The maximum atomic E-state index is 15.4. The fraction of sp³-hybridized carbons (Fsp3) is 0.458. The van der Waals surface area contributed by atoms with E-state index >= 15 is 4.39 Å². The average molecular weight is 477 g/mol. The highest BCUT2D eigenvalue weighted by molar-refractivity contribution is 7.91. The summed E-state index contributed by atoms with van der Waals surface area (Å²) in [6.45, 7) is 6.74. The first-order valence-electron chi connectivity index (χ1n) is 10.8. The van der Waals surface area contributed by atoms with E-state index in [0.29, 0.717) is 24.1 Å². The molecule has 0 spiro atoms. The van der Waals surface area contributed by atoms with E-state index in [1.165, 1.54) is 12.1 Å². The molecule has 0 N–H and O–H groups in total. The summed E-state index contributed by atoms with van der Waals surface area (Å²) in [4.78, 5) is 31.2. The topological polar surface area (TPSA) is 84.4 Å². The predicted molar refractivity (Wildman–Crippen MR) is 120 cm³/mol. The zero-order valence-corrected chi connectivity index (χ0v) is 19.9. The van der Waals surface area contributed by atoms with E-state index in [0.717, 1.165) is 17.2 Å². The number of anilines is 2. The summed E-state index contributed by atoms with van der Waals surface area (Å²) >= 11 is 0. The Morgan fingerprint density at radius 2 is 1.73 bits per heavy atom. The van der Waals surface area contributed by atoms with Crippen molar-refractivity contribution in [1.82, 2.24) is 4.98 Å². The number of hydrogen-bond donors (Lipinski definition) is 0. The number of benzene rings is 1. The largest absolute Gasteiger partial charge is 0.294 e. The first kappa shape index (κ1) is 23.5. The quantitative estimate of drug-likeness (QED) is 0.611. The summed E-state index contributed by atoms with van der Waals surface area (Å²) in [5, 5.41) is 0. The summed E-state index contributed by atoms with van der Waals surface area (Å²) < 4.78 is 53.5. The molecule has 0 aliphatic carbocycles. The molecule has 2 aliphatic heterocycles. The number of aryl methyl sites for hydroxylation is 1. The van der Waals surface area contributed by atoms with E-state index in [1.54, 1.807) is 20.8 Å². The smallest absolute Gasteiger partial charge is 0.241 e. The molecule has 1 aromatic carbocycles. The second kappa shape index (κ2) is 7.68. The van der Waals surface area contributed by atoms with Gasteiger partial charge in [-0.1, -0.05) is 6.92 Å². The molecule has 3 heterocycles. The first-order valence-corrected chi connectivity index (χ1v) is 12.6. The van der Waals surface area contributed by atoms with E-state index in [-0.39, 0.29) is 40.6 Å². The van der Waals surface area contributed by atoms with Crippen LogP contribution >= 0.6 is 0 Å². The SMILES string of the molecule is Cc1cc(N2C(=O)C(C)(C)c3cc(C(=O)CC4(C)CCS(=O)(=O)CC4)cc(F)c32)c(F)cn1. The molecule has 0 saturated carbocycles. The number of carbonyl (C=O) groups excluding carboxylic acids is 2. The fourth-order valence-corrected chi connectivity index (χ4v) is 6.40. The van der Waals surface area contributed by atoms with Crippen molar-refractivity contribution in [2.45, 2.75) is 52.4 Å². The van der Waals surface area contributed by atoms with Gasteiger partial charge < -0.3 is 0 Å². The number of halogens is 2. The number of ketones is 1. The van der Waals surface area contributed by atoms with Crippen LogP contribution in [0.2, 0.25) is 0 Å². The third kappa shape index (κ3) is 4.07. The molecule has 33 heavy (non-hydrogen) atoms. The molecule has 4 rings (SSSR count). The van der Waals surface area contributed by atoms with Gasteiger partial charge in [0.05, 0.1) is 34.5 Å². The molecule has 1 fully saturated rings. The number of hydrogen-bond acceptors (Lipinski definition) is 5. The summed E-state index contributed by atoms with van der Waals surface area (Å²) in [7, 11) is -3.08. The Labute approximate surface area is 191 Å². The molecule has 2 aliphatic rings. The lowest BCUT2D eigenvalue weighted by atomic mass is 9.78. The third-order valence-electron chi connectivity index (χ3n) is 6.85. The van der Waals surface area contributed by atoms with Crippen molar-refractivity contribution in [3.05, 3.63) is 52.9 Å². The van der Waals surface area contributed by atoms with E-state index in [9.17, 15) is 22.4 Å². The van der Waals surface area contributed by atoms with E-state index in [4.69, 9.17) is 0 Å². The molecule has 0 unspecified atom stereocenters. The van der Waals surface area contributed by atoms with Gasteiger partial charge in [-0.25, -0.2) is 17.2 Å². The van der Waals surface area contributed by atoms with Crippen LogP contribution in [0.4, 0.5) is 20.2 Å². The van der Waals surface area contributed by atoms with Gasteiger partial charge in [0.1, 0.15) is 15.7 Å². The van der Waals surface area contributed by atoms with Gasteiger partial charge in [-0.2, -0.15) is 0 Å². The van der Waals surface area contributed by atoms with Crippen LogP contribution in [0.25, 0.3) is 0 Å². The van der Waals surface area contributed by atoms with Crippen LogP contribution in [0, 0.1) is 24.0 Å². The number of pyridine rings is 1. The molecule has 176 valence electrons. The number of rotatable bonds is 4. The van der Waals surface area contributed by atoms with Gasteiger partial charge in [-0.3, -0.25) is 19.5 Å². The molecule has 0 radical (unpaired) electrons. The first-order chi connectivity index (χ1) is 15.2. The van der Waals surface area contributed by atoms with Crippen LogP contribution in [0.15, 0.2) is 24.4 Å². The average Bonchev–Trinajstić information content (AvgIpc) is 2.93. The minimum absolute atomic E-state index is 0.0305. The molecule has 0 atom stereocenters. The van der Waals surface area contributed by atoms with Crippen LogP contribution in [0.1, 0.15) is 61.6 Å². The summed E-state index contributed by atoms with van der Waals surface area (Å²) in [5.74, 6) is -2.30. The molecular formula is C24H26F2N2O4S. The van der Waals surface area contributed by atoms with Gasteiger partial charge in [0.2, 0.25) is 5.91 Å². The molecule has 1 saturated heterocycles. The monoisotopic (exact) mass is 476 g/mol. The van der Waals surface area contributed by atoms with Crippen molar-refractivity contribution in [1.29, 1.82) is 0 Å². The molecule has 0 bridgehead atoms. The number of Topliss-reactive ketones (excluding diaryl/α,β-unsaturated/α-hetero) is 1. The van der Waals surface area contributed by atoms with Gasteiger partial charge in [-0.15, -0.1) is 0 Å². The van der Waals surface area contributed by atoms with Gasteiger partial charge in [-0.05, 0) is 62.8 Å². The van der Waals surface area contributed by atoms with E-state index in [2.05, 4.69) is 4.98 Å². The normalized spacial score (nSPS) is 20.5. The number of amides is 1. The van der Waals surface area contributed by atoms with Crippen molar-refractivity contribution in [2.75, 3.05) is 16.4 Å². The van der Waals surface area contributed by atoms with Gasteiger partial charge in [0, 0.05) is 17.7 Å². The highest BCUT2D eigenvalue weighted by Gasteiger charge is 2.47. The second-order valence-corrected chi connectivity index (χ2v) is 12.3. The van der Waals surface area contributed by atoms with Crippen LogP contribution in [0.3, 0.4) is 0 Å². The molecule has 1 amide bonds. The minimum atomic E-state index is -3.08. The van der Waals surface area contributed by atoms with Crippen LogP contribution < -0.4 is 4.90 Å². The molecule has 6 nitrogen and oxygen atoms in total. The zero-order chi connectivity index (χ0) is 24.3. The lowest BCUT2D eigenvalue weighted by Gasteiger charge is -2.32. The Kier molecular flexibility index (Phi) is 5.47. The van der Waals surface area contributed by atoms with Gasteiger partial charge in [0.25, 0.3) is 0 Å². The predicted octanol–water partition coefficient (Wildman–Crippen LogP) is 4.41. The van der Waals surface area contributed by atoms with Gasteiger partial charge in [0.15, 0.2) is 11.6 Å². The highest BCUT2D eigenvalue weighted by Crippen LogP contribution is 2.48. The van der Waals surface area contributed by atoms with Crippen LogP contribution in [0.5, 0.6) is 0 Å². The Hall–Kier alpha value is -2.68. The van der Waals surface area contributed by atoms with E-state index in [1.807, 2.05) is 6.92 Å². The van der Waals surface area contributed by atoms with Crippen LogP contribution in [-0.2, 0) is 20.0 Å². The lowest BCUT2D eigenvalue weighted by Crippen LogP contribution is -2.34. The summed E-state index contributed by atoms with van der Waals surface area (Å²) in [6.07, 6.45) is 1.81. The molecule has 1 aromatic heterocycles. The maximum Gasteiger partial charge on any atom is 0.241 e. The lowest BCUT2D eigenvalue weighted by molar-refractivity contribution is -0.121. The van der Waals surface area contributed by atoms with Crippen molar-refractivity contribution in [2.24, 2.45) is 5.41 Å².